The number of halogens is 3. The van der Waals surface area contributed by atoms with E-state index < -0.39 is 23.2 Å². The highest BCUT2D eigenvalue weighted by Crippen LogP contribution is 2.43. The molecule has 0 aliphatic carbocycles. The molecule has 3 rings (SSSR count). The summed E-state index contributed by atoms with van der Waals surface area (Å²) < 4.78 is 43.8. The molecule has 0 unspecified atom stereocenters. The minimum atomic E-state index is -4.52. The van der Waals surface area contributed by atoms with Crippen LogP contribution >= 0.6 is 11.8 Å². The molecule has 0 radical (unpaired) electrons. The summed E-state index contributed by atoms with van der Waals surface area (Å²) >= 11 is 1.17. The summed E-state index contributed by atoms with van der Waals surface area (Å²) in [5.41, 5.74) is 6.92. The van der Waals surface area contributed by atoms with E-state index in [4.69, 9.17) is 11.0 Å². The van der Waals surface area contributed by atoms with Gasteiger partial charge in [-0.3, -0.25) is 0 Å². The molecule has 0 spiro atoms. The summed E-state index contributed by atoms with van der Waals surface area (Å²) in [7, 11) is 0. The summed E-state index contributed by atoms with van der Waals surface area (Å²) in [6.07, 6.45) is -3.85. The predicted molar refractivity (Wildman–Crippen MR) is 93.6 cm³/mol. The third-order valence-electron chi connectivity index (χ3n) is 3.80. The van der Waals surface area contributed by atoms with Crippen molar-refractivity contribution < 1.29 is 17.9 Å². The highest BCUT2D eigenvalue weighted by atomic mass is 32.2. The summed E-state index contributed by atoms with van der Waals surface area (Å²) in [6.45, 7) is 1.59. The Kier molecular flexibility index (Phi) is 4.97. The number of thioether (sulfide) groups is 1. The highest BCUT2D eigenvalue weighted by molar-refractivity contribution is 8.00. The van der Waals surface area contributed by atoms with Gasteiger partial charge in [-0.1, -0.05) is 23.9 Å². The number of nitrogens with two attached hydrogens (primary N) is 1. The molecule has 1 aliphatic heterocycles. The van der Waals surface area contributed by atoms with Gasteiger partial charge in [-0.25, -0.2) is 15.0 Å². The zero-order chi connectivity index (χ0) is 19.7. The second kappa shape index (κ2) is 7.08. The molecule has 0 bridgehead atoms. The fraction of sp³-hybridized carbons (Fsp3) is 0.294. The van der Waals surface area contributed by atoms with Crippen LogP contribution in [0.4, 0.5) is 13.2 Å². The third kappa shape index (κ3) is 4.49. The normalized spacial score (nSPS) is 22.5. The monoisotopic (exact) mass is 393 g/mol. The van der Waals surface area contributed by atoms with Gasteiger partial charge in [-0.05, 0) is 24.6 Å². The van der Waals surface area contributed by atoms with Crippen LogP contribution in [0, 0.1) is 11.3 Å². The van der Waals surface area contributed by atoms with Gasteiger partial charge in [0, 0.05) is 29.3 Å². The quantitative estimate of drug-likeness (QED) is 0.857. The van der Waals surface area contributed by atoms with Gasteiger partial charge in [-0.15, -0.1) is 0 Å². The molecule has 1 aliphatic rings. The zero-order valence-corrected chi connectivity index (χ0v) is 14.9. The lowest BCUT2D eigenvalue weighted by atomic mass is 10.1. The Morgan fingerprint density at radius 3 is 2.63 bits per heavy atom. The average molecular weight is 393 g/mol. The van der Waals surface area contributed by atoms with Crippen LogP contribution in [0.25, 0.3) is 11.1 Å². The molecule has 0 fully saturated rings. The number of hydrogen-bond acceptors (Lipinski definition) is 7. The summed E-state index contributed by atoms with van der Waals surface area (Å²) in [5, 5.41) is 8.76. The van der Waals surface area contributed by atoms with E-state index in [9.17, 15) is 13.2 Å². The van der Waals surface area contributed by atoms with Crippen LogP contribution in [-0.2, 0) is 4.74 Å². The van der Waals surface area contributed by atoms with Gasteiger partial charge in [0.2, 0.25) is 11.9 Å². The average Bonchev–Trinajstić information content (AvgIpc) is 2.60. The summed E-state index contributed by atoms with van der Waals surface area (Å²) in [5.74, 6) is 0.0574. The van der Waals surface area contributed by atoms with Crippen LogP contribution in [-0.4, -0.2) is 33.1 Å². The molecule has 2 aromatic rings. The number of ether oxygens (including phenoxy) is 1. The molecule has 140 valence electrons. The van der Waals surface area contributed by atoms with Gasteiger partial charge >= 0.3 is 6.18 Å². The Morgan fingerprint density at radius 1 is 1.30 bits per heavy atom. The maximum absolute atomic E-state index is 13.1. The number of benzene rings is 1. The molecular weight excluding hydrogens is 379 g/mol. The molecule has 2 N–H and O–H groups in total. The van der Waals surface area contributed by atoms with E-state index in [2.05, 4.69) is 19.7 Å². The standard InChI is InChI=1S/C17H14F3N5OS/c1-16(6-13(17(18,19)20)26-15(22)25-16)27-12-4-2-3-10(5-12)11-8-23-14(7-21)24-9-11/h2-5,8-9,13H,6H2,1H3,(H2,22,25)/t13-,16-/m0/s1. The second-order valence-electron chi connectivity index (χ2n) is 6.01. The lowest BCUT2D eigenvalue weighted by Gasteiger charge is -2.34. The lowest BCUT2D eigenvalue weighted by molar-refractivity contribution is -0.205. The van der Waals surface area contributed by atoms with Crippen molar-refractivity contribution in [3.8, 4) is 17.2 Å². The minimum Gasteiger partial charge on any atom is -0.452 e. The van der Waals surface area contributed by atoms with Crippen LogP contribution < -0.4 is 5.73 Å². The van der Waals surface area contributed by atoms with E-state index >= 15 is 0 Å². The first-order valence-electron chi connectivity index (χ1n) is 7.79. The first-order chi connectivity index (χ1) is 12.7. The first-order valence-corrected chi connectivity index (χ1v) is 8.60. The largest absolute Gasteiger partial charge is 0.452 e. The van der Waals surface area contributed by atoms with Crippen molar-refractivity contribution in [1.82, 2.24) is 9.97 Å². The number of aromatic nitrogens is 2. The van der Waals surface area contributed by atoms with Gasteiger partial charge in [0.1, 0.15) is 10.9 Å². The van der Waals surface area contributed by atoms with Crippen LogP contribution in [0.5, 0.6) is 0 Å². The fourth-order valence-corrected chi connectivity index (χ4v) is 3.82. The molecule has 1 aromatic heterocycles. The second-order valence-corrected chi connectivity index (χ2v) is 7.57. The first kappa shape index (κ1) is 19.0. The fourth-order valence-electron chi connectivity index (χ4n) is 2.61. The summed E-state index contributed by atoms with van der Waals surface area (Å²) in [4.78, 5) is 11.5. The Hall–Kier alpha value is -2.80. The molecule has 1 aromatic carbocycles. The molecule has 0 saturated heterocycles. The van der Waals surface area contributed by atoms with Crippen LogP contribution in [0.15, 0.2) is 46.5 Å². The van der Waals surface area contributed by atoms with Crippen molar-refractivity contribution in [3.05, 3.63) is 42.5 Å². The third-order valence-corrected chi connectivity index (χ3v) is 4.98. The van der Waals surface area contributed by atoms with E-state index in [0.717, 1.165) is 5.56 Å². The molecule has 2 heterocycles. The van der Waals surface area contributed by atoms with Crippen molar-refractivity contribution >= 4 is 17.8 Å². The Bertz CT molecular complexity index is 910. The molecule has 10 heteroatoms. The number of rotatable bonds is 3. The van der Waals surface area contributed by atoms with E-state index in [-0.39, 0.29) is 12.2 Å². The topological polar surface area (TPSA) is 97.2 Å². The SMILES string of the molecule is C[C@]1(Sc2cccc(-c3cnc(C#N)nc3)c2)C[C@@H](C(F)(F)F)OC(N)=N1. The summed E-state index contributed by atoms with van der Waals surface area (Å²) in [6, 6.07) is 8.52. The molecule has 6 nitrogen and oxygen atoms in total. The van der Waals surface area contributed by atoms with E-state index in [0.29, 0.717) is 10.5 Å². The van der Waals surface area contributed by atoms with Crippen molar-refractivity contribution in [3.63, 3.8) is 0 Å². The maximum atomic E-state index is 13.1. The zero-order valence-electron chi connectivity index (χ0n) is 14.1. The Morgan fingerprint density at radius 2 is 2.00 bits per heavy atom. The smallest absolute Gasteiger partial charge is 0.425 e. The van der Waals surface area contributed by atoms with Gasteiger partial charge in [0.25, 0.3) is 6.02 Å². The lowest BCUT2D eigenvalue weighted by Crippen LogP contribution is -2.45. The van der Waals surface area contributed by atoms with E-state index in [1.807, 2.05) is 12.1 Å². The van der Waals surface area contributed by atoms with Crippen molar-refractivity contribution in [2.75, 3.05) is 0 Å². The molecule has 2 atom stereocenters. The van der Waals surface area contributed by atoms with Crippen molar-refractivity contribution in [1.29, 1.82) is 5.26 Å². The number of alkyl halides is 3. The van der Waals surface area contributed by atoms with Crippen molar-refractivity contribution in [2.45, 2.75) is 35.4 Å². The van der Waals surface area contributed by atoms with Gasteiger partial charge in [-0.2, -0.15) is 18.4 Å². The molecule has 27 heavy (non-hydrogen) atoms. The minimum absolute atomic E-state index is 0.0574. The van der Waals surface area contributed by atoms with Gasteiger partial charge < -0.3 is 10.5 Å². The van der Waals surface area contributed by atoms with Crippen LogP contribution in [0.3, 0.4) is 0 Å². The predicted octanol–water partition coefficient (Wildman–Crippen LogP) is 3.49. The van der Waals surface area contributed by atoms with E-state index in [1.165, 1.54) is 24.2 Å². The number of amidine groups is 1. The molecule has 0 amide bonds. The molecule has 0 saturated carbocycles. The van der Waals surface area contributed by atoms with Crippen LogP contribution in [0.2, 0.25) is 0 Å². The van der Waals surface area contributed by atoms with Crippen LogP contribution in [0.1, 0.15) is 19.2 Å². The number of hydrogen-bond donors (Lipinski definition) is 1. The van der Waals surface area contributed by atoms with Gasteiger partial charge in [0.05, 0.1) is 0 Å². The Labute approximate surface area is 157 Å². The molecular formula is C17H14F3N5OS. The van der Waals surface area contributed by atoms with Crippen molar-refractivity contribution in [2.24, 2.45) is 10.7 Å². The maximum Gasteiger partial charge on any atom is 0.425 e. The number of aliphatic imine (C=N–C) groups is 1. The Balaban J connectivity index is 1.85. The van der Waals surface area contributed by atoms with E-state index in [1.54, 1.807) is 25.1 Å². The number of nitriles is 1. The number of nitrogens with zero attached hydrogens (tertiary/aromatic N) is 4. The van der Waals surface area contributed by atoms with Gasteiger partial charge in [0.15, 0.2) is 0 Å². The highest BCUT2D eigenvalue weighted by Gasteiger charge is 2.49.